The van der Waals surface area contributed by atoms with Crippen molar-refractivity contribution in [1.29, 1.82) is 0 Å². The summed E-state index contributed by atoms with van der Waals surface area (Å²) >= 11 is 0. The zero-order valence-electron chi connectivity index (χ0n) is 14.6. The smallest absolute Gasteiger partial charge is 0.295 e. The molecule has 140 valence electrons. The van der Waals surface area contributed by atoms with Gasteiger partial charge in [-0.3, -0.25) is 19.7 Å². The molecule has 26 heavy (non-hydrogen) atoms. The maximum Gasteiger partial charge on any atom is 0.295 e. The number of nitrogens with one attached hydrogen (secondary N) is 1. The van der Waals surface area contributed by atoms with Gasteiger partial charge < -0.3 is 20.1 Å². The molecular formula is C17H21N3O6. The lowest BCUT2D eigenvalue weighted by Crippen LogP contribution is -2.32. The van der Waals surface area contributed by atoms with Gasteiger partial charge in [0.2, 0.25) is 0 Å². The van der Waals surface area contributed by atoms with E-state index < -0.39 is 22.7 Å². The number of allylic oxidation sites excluding steroid dienone is 1. The number of rotatable bonds is 8. The molecule has 1 unspecified atom stereocenters. The highest BCUT2D eigenvalue weighted by Crippen LogP contribution is 2.37. The number of carbonyl (C=O) groups excluding carboxylic acids is 2. The SMILES string of the molecule is COCCN1C(=O)C(=O)C(=C(C)NCCO)C1c1cccc([N+](=O)[O-])c1. The summed E-state index contributed by atoms with van der Waals surface area (Å²) in [5.74, 6) is -1.35. The van der Waals surface area contributed by atoms with Crippen LogP contribution in [-0.2, 0) is 14.3 Å². The van der Waals surface area contributed by atoms with Crippen molar-refractivity contribution in [3.63, 3.8) is 0 Å². The molecule has 9 heteroatoms. The number of nitrogens with zero attached hydrogens (tertiary/aromatic N) is 2. The van der Waals surface area contributed by atoms with Crippen LogP contribution >= 0.6 is 0 Å². The first-order valence-electron chi connectivity index (χ1n) is 8.06. The van der Waals surface area contributed by atoms with Gasteiger partial charge in [0.05, 0.1) is 29.8 Å². The van der Waals surface area contributed by atoms with Crippen molar-refractivity contribution < 1.29 is 24.4 Å². The highest BCUT2D eigenvalue weighted by molar-refractivity contribution is 6.45. The minimum atomic E-state index is -0.753. The van der Waals surface area contributed by atoms with E-state index in [1.54, 1.807) is 13.0 Å². The van der Waals surface area contributed by atoms with E-state index in [0.717, 1.165) is 0 Å². The second-order valence-electron chi connectivity index (χ2n) is 5.76. The average Bonchev–Trinajstić information content (AvgIpc) is 2.89. The molecule has 0 radical (unpaired) electrons. The molecule has 9 nitrogen and oxygen atoms in total. The first-order valence-corrected chi connectivity index (χ1v) is 8.06. The number of nitro benzene ring substituents is 1. The molecule has 2 N–H and O–H groups in total. The van der Waals surface area contributed by atoms with E-state index in [1.807, 2.05) is 0 Å². The summed E-state index contributed by atoms with van der Waals surface area (Å²) in [5.41, 5.74) is 1.02. The summed E-state index contributed by atoms with van der Waals surface area (Å²) in [5, 5.41) is 23.0. The van der Waals surface area contributed by atoms with Gasteiger partial charge in [0.15, 0.2) is 0 Å². The standard InChI is InChI=1S/C17H21N3O6/c1-11(18-6-8-21)14-15(12-4-3-5-13(10-12)20(24)25)19(7-9-26-2)17(23)16(14)22/h3-5,10,15,18,21H,6-9H2,1-2H3. The minimum absolute atomic E-state index is 0.124. The third-order valence-electron chi connectivity index (χ3n) is 4.12. The molecule has 0 saturated carbocycles. The van der Waals surface area contributed by atoms with Crippen LogP contribution in [-0.4, -0.2) is 60.0 Å². The van der Waals surface area contributed by atoms with Crippen molar-refractivity contribution in [2.24, 2.45) is 0 Å². The molecule has 1 aliphatic rings. The fourth-order valence-electron chi connectivity index (χ4n) is 2.93. The lowest BCUT2D eigenvalue weighted by molar-refractivity contribution is -0.384. The molecule has 1 aromatic rings. The number of likely N-dealkylation sites (tertiary alicyclic amines) is 1. The Balaban J connectivity index is 2.55. The molecule has 0 aromatic heterocycles. The summed E-state index contributed by atoms with van der Waals surface area (Å²) in [6.45, 7) is 2.12. The molecule has 1 fully saturated rings. The first-order chi connectivity index (χ1) is 12.4. The zero-order chi connectivity index (χ0) is 19.3. The number of ether oxygens (including phenoxy) is 1. The van der Waals surface area contributed by atoms with Crippen LogP contribution < -0.4 is 5.32 Å². The summed E-state index contributed by atoms with van der Waals surface area (Å²) in [6.07, 6.45) is 0. The number of aliphatic hydroxyl groups is 1. The third-order valence-corrected chi connectivity index (χ3v) is 4.12. The van der Waals surface area contributed by atoms with Crippen LogP contribution in [0.15, 0.2) is 35.5 Å². The summed E-state index contributed by atoms with van der Waals surface area (Å²) < 4.78 is 5.02. The van der Waals surface area contributed by atoms with E-state index in [9.17, 15) is 19.7 Å². The van der Waals surface area contributed by atoms with Crippen LogP contribution in [0.4, 0.5) is 5.69 Å². The van der Waals surface area contributed by atoms with E-state index >= 15 is 0 Å². The number of methoxy groups -OCH3 is 1. The number of non-ortho nitro benzene ring substituents is 1. The van der Waals surface area contributed by atoms with Crippen LogP contribution in [0.3, 0.4) is 0 Å². The molecule has 1 atom stereocenters. The van der Waals surface area contributed by atoms with Gasteiger partial charge in [0.25, 0.3) is 17.4 Å². The highest BCUT2D eigenvalue weighted by atomic mass is 16.6. The Kier molecular flexibility index (Phi) is 6.42. The predicted octanol–water partition coefficient (Wildman–Crippen LogP) is 0.550. The summed E-state index contributed by atoms with van der Waals surface area (Å²) in [6, 6.07) is 5.11. The number of benzene rings is 1. The monoisotopic (exact) mass is 363 g/mol. The fraction of sp³-hybridized carbons (Fsp3) is 0.412. The molecule has 0 bridgehead atoms. The van der Waals surface area contributed by atoms with E-state index in [2.05, 4.69) is 5.32 Å². The van der Waals surface area contributed by atoms with E-state index in [-0.39, 0.29) is 37.6 Å². The highest BCUT2D eigenvalue weighted by Gasteiger charge is 2.45. The van der Waals surface area contributed by atoms with Gasteiger partial charge in [-0.2, -0.15) is 0 Å². The summed E-state index contributed by atoms with van der Waals surface area (Å²) in [4.78, 5) is 37.0. The Hall–Kier alpha value is -2.78. The van der Waals surface area contributed by atoms with Gasteiger partial charge in [-0.05, 0) is 12.5 Å². The fourth-order valence-corrected chi connectivity index (χ4v) is 2.93. The Labute approximate surface area is 150 Å². The second kappa shape index (κ2) is 8.54. The molecule has 1 heterocycles. The van der Waals surface area contributed by atoms with Crippen molar-refractivity contribution in [1.82, 2.24) is 10.2 Å². The van der Waals surface area contributed by atoms with Gasteiger partial charge in [-0.25, -0.2) is 0 Å². The van der Waals surface area contributed by atoms with Crippen LogP contribution in [0.2, 0.25) is 0 Å². The Morgan fingerprint density at radius 2 is 2.15 bits per heavy atom. The van der Waals surface area contributed by atoms with E-state index in [0.29, 0.717) is 11.3 Å². The normalized spacial score (nSPS) is 19.0. The molecular weight excluding hydrogens is 342 g/mol. The van der Waals surface area contributed by atoms with Crippen molar-refractivity contribution in [3.8, 4) is 0 Å². The largest absolute Gasteiger partial charge is 0.395 e. The van der Waals surface area contributed by atoms with E-state index in [1.165, 1.54) is 30.2 Å². The zero-order valence-corrected chi connectivity index (χ0v) is 14.6. The minimum Gasteiger partial charge on any atom is -0.395 e. The molecule has 1 amide bonds. The van der Waals surface area contributed by atoms with Gasteiger partial charge in [0, 0.05) is 38.0 Å². The predicted molar refractivity (Wildman–Crippen MR) is 92.2 cm³/mol. The average molecular weight is 363 g/mol. The van der Waals surface area contributed by atoms with Crippen molar-refractivity contribution in [2.75, 3.05) is 33.4 Å². The van der Waals surface area contributed by atoms with Gasteiger partial charge in [0.1, 0.15) is 0 Å². The van der Waals surface area contributed by atoms with Crippen LogP contribution in [0.5, 0.6) is 0 Å². The maximum absolute atomic E-state index is 12.6. The van der Waals surface area contributed by atoms with Gasteiger partial charge in [-0.1, -0.05) is 12.1 Å². The van der Waals surface area contributed by atoms with Crippen LogP contribution in [0, 0.1) is 10.1 Å². The summed E-state index contributed by atoms with van der Waals surface area (Å²) in [7, 11) is 1.48. The molecule has 1 saturated heterocycles. The number of ketones is 1. The molecule has 0 aliphatic carbocycles. The number of nitro groups is 1. The Morgan fingerprint density at radius 1 is 1.42 bits per heavy atom. The maximum atomic E-state index is 12.6. The van der Waals surface area contributed by atoms with Crippen LogP contribution in [0.25, 0.3) is 0 Å². The first kappa shape index (κ1) is 19.5. The number of amides is 1. The molecule has 0 spiro atoms. The number of carbonyl (C=O) groups is 2. The second-order valence-corrected chi connectivity index (χ2v) is 5.76. The molecule has 2 rings (SSSR count). The van der Waals surface area contributed by atoms with Crippen molar-refractivity contribution in [3.05, 3.63) is 51.2 Å². The third kappa shape index (κ3) is 3.89. The lowest BCUT2D eigenvalue weighted by Gasteiger charge is -2.25. The molecule has 1 aromatic carbocycles. The van der Waals surface area contributed by atoms with Crippen molar-refractivity contribution in [2.45, 2.75) is 13.0 Å². The number of hydrogen-bond donors (Lipinski definition) is 2. The van der Waals surface area contributed by atoms with Gasteiger partial charge >= 0.3 is 0 Å². The van der Waals surface area contributed by atoms with Gasteiger partial charge in [-0.15, -0.1) is 0 Å². The Morgan fingerprint density at radius 3 is 2.77 bits per heavy atom. The van der Waals surface area contributed by atoms with Crippen LogP contribution in [0.1, 0.15) is 18.5 Å². The topological polar surface area (TPSA) is 122 Å². The lowest BCUT2D eigenvalue weighted by atomic mass is 9.96. The Bertz CT molecular complexity index is 746. The number of Topliss-reactive ketones (excluding diaryl/α,β-unsaturated/α-hetero) is 1. The molecule has 1 aliphatic heterocycles. The number of hydrogen-bond acceptors (Lipinski definition) is 7. The number of aliphatic hydroxyl groups excluding tert-OH is 1. The van der Waals surface area contributed by atoms with E-state index in [4.69, 9.17) is 9.84 Å². The quantitative estimate of drug-likeness (QED) is 0.299. The van der Waals surface area contributed by atoms with Crippen molar-refractivity contribution >= 4 is 17.4 Å².